The van der Waals surface area contributed by atoms with Crippen molar-refractivity contribution in [3.8, 4) is 0 Å². The minimum atomic E-state index is 0.762. The van der Waals surface area contributed by atoms with Gasteiger partial charge in [-0.2, -0.15) is 0 Å². The Hall–Kier alpha value is -1.08. The SMILES string of the molecule is C/C=C\C1CCC(c2ccc(COCCCCC)cc2)CC1. The van der Waals surface area contributed by atoms with E-state index in [4.69, 9.17) is 4.74 Å². The molecule has 0 unspecified atom stereocenters. The molecular weight excluding hydrogens is 268 g/mol. The maximum Gasteiger partial charge on any atom is 0.0716 e. The van der Waals surface area contributed by atoms with Crippen molar-refractivity contribution in [3.63, 3.8) is 0 Å². The Labute approximate surface area is 136 Å². The topological polar surface area (TPSA) is 9.23 Å². The van der Waals surface area contributed by atoms with E-state index in [2.05, 4.69) is 50.3 Å². The first-order valence-electron chi connectivity index (χ1n) is 9.13. The van der Waals surface area contributed by atoms with E-state index in [1.54, 1.807) is 0 Å². The molecular formula is C21H32O. The van der Waals surface area contributed by atoms with Crippen LogP contribution >= 0.6 is 0 Å². The Morgan fingerprint density at radius 3 is 2.41 bits per heavy atom. The summed E-state index contributed by atoms with van der Waals surface area (Å²) in [5.41, 5.74) is 2.83. The summed E-state index contributed by atoms with van der Waals surface area (Å²) in [7, 11) is 0. The molecule has 2 rings (SSSR count). The van der Waals surface area contributed by atoms with Gasteiger partial charge in [0.15, 0.2) is 0 Å². The second-order valence-corrected chi connectivity index (χ2v) is 6.64. The summed E-state index contributed by atoms with van der Waals surface area (Å²) in [6.45, 7) is 6.02. The molecule has 1 nitrogen and oxygen atoms in total. The van der Waals surface area contributed by atoms with Crippen LogP contribution in [0.15, 0.2) is 36.4 Å². The van der Waals surface area contributed by atoms with E-state index in [-0.39, 0.29) is 0 Å². The van der Waals surface area contributed by atoms with Crippen LogP contribution in [0.4, 0.5) is 0 Å². The summed E-state index contributed by atoms with van der Waals surface area (Å²) in [5.74, 6) is 1.58. The standard InChI is InChI=1S/C21H32O/c1-3-5-6-16-22-17-19-10-14-21(15-11-19)20-12-8-18(7-4-2)9-13-20/h4,7,10-11,14-15,18,20H,3,5-6,8-9,12-13,16-17H2,1-2H3/b7-4-. The Kier molecular flexibility index (Phi) is 7.73. The average Bonchev–Trinajstić information content (AvgIpc) is 2.56. The normalized spacial score (nSPS) is 22.3. The Balaban J connectivity index is 1.75. The van der Waals surface area contributed by atoms with Gasteiger partial charge in [-0.05, 0) is 62.0 Å². The molecule has 0 bridgehead atoms. The lowest BCUT2D eigenvalue weighted by Crippen LogP contribution is -2.11. The highest BCUT2D eigenvalue weighted by Gasteiger charge is 2.20. The Morgan fingerprint density at radius 2 is 1.77 bits per heavy atom. The quantitative estimate of drug-likeness (QED) is 0.407. The van der Waals surface area contributed by atoms with Crippen LogP contribution in [0.3, 0.4) is 0 Å². The zero-order chi connectivity index (χ0) is 15.6. The first-order valence-corrected chi connectivity index (χ1v) is 9.13. The van der Waals surface area contributed by atoms with Crippen molar-refractivity contribution in [1.29, 1.82) is 0 Å². The van der Waals surface area contributed by atoms with E-state index >= 15 is 0 Å². The molecule has 1 aliphatic rings. The lowest BCUT2D eigenvalue weighted by atomic mass is 9.78. The fraction of sp³-hybridized carbons (Fsp3) is 0.619. The first-order chi connectivity index (χ1) is 10.8. The first kappa shape index (κ1) is 17.3. The molecule has 0 amide bonds. The predicted molar refractivity (Wildman–Crippen MR) is 95.1 cm³/mol. The van der Waals surface area contributed by atoms with E-state index in [0.29, 0.717) is 0 Å². The third-order valence-corrected chi connectivity index (χ3v) is 4.85. The second-order valence-electron chi connectivity index (χ2n) is 6.64. The van der Waals surface area contributed by atoms with Crippen LogP contribution in [0, 0.1) is 5.92 Å². The van der Waals surface area contributed by atoms with E-state index in [0.717, 1.165) is 25.0 Å². The molecule has 1 aliphatic carbocycles. The Bertz CT molecular complexity index is 424. The van der Waals surface area contributed by atoms with E-state index in [9.17, 15) is 0 Å². The van der Waals surface area contributed by atoms with E-state index < -0.39 is 0 Å². The molecule has 122 valence electrons. The van der Waals surface area contributed by atoms with Gasteiger partial charge in [0.05, 0.1) is 6.61 Å². The van der Waals surface area contributed by atoms with Gasteiger partial charge in [0.2, 0.25) is 0 Å². The van der Waals surface area contributed by atoms with Crippen molar-refractivity contribution in [1.82, 2.24) is 0 Å². The minimum Gasteiger partial charge on any atom is -0.377 e. The lowest BCUT2D eigenvalue weighted by Gasteiger charge is -2.27. The fourth-order valence-electron chi connectivity index (χ4n) is 3.45. The van der Waals surface area contributed by atoms with Crippen molar-refractivity contribution in [2.45, 2.75) is 71.3 Å². The van der Waals surface area contributed by atoms with Gasteiger partial charge >= 0.3 is 0 Å². The summed E-state index contributed by atoms with van der Waals surface area (Å²) in [6.07, 6.45) is 13.7. The van der Waals surface area contributed by atoms with Crippen molar-refractivity contribution in [2.24, 2.45) is 5.92 Å². The molecule has 1 aromatic rings. The fourth-order valence-corrected chi connectivity index (χ4v) is 3.45. The summed E-state index contributed by atoms with van der Waals surface area (Å²) >= 11 is 0. The number of allylic oxidation sites excluding steroid dienone is 2. The highest BCUT2D eigenvalue weighted by Crippen LogP contribution is 2.36. The number of benzene rings is 1. The highest BCUT2D eigenvalue weighted by atomic mass is 16.5. The van der Waals surface area contributed by atoms with Gasteiger partial charge in [-0.15, -0.1) is 0 Å². The maximum absolute atomic E-state index is 5.74. The second kappa shape index (κ2) is 9.84. The molecule has 1 saturated carbocycles. The van der Waals surface area contributed by atoms with Gasteiger partial charge in [-0.3, -0.25) is 0 Å². The summed E-state index contributed by atoms with van der Waals surface area (Å²) < 4.78 is 5.74. The smallest absolute Gasteiger partial charge is 0.0716 e. The molecule has 0 aliphatic heterocycles. The van der Waals surface area contributed by atoms with Gasteiger partial charge in [0.25, 0.3) is 0 Å². The van der Waals surface area contributed by atoms with Crippen LogP contribution in [-0.2, 0) is 11.3 Å². The van der Waals surface area contributed by atoms with Gasteiger partial charge in [0, 0.05) is 6.61 Å². The largest absolute Gasteiger partial charge is 0.377 e. The minimum absolute atomic E-state index is 0.762. The van der Waals surface area contributed by atoms with Gasteiger partial charge in [-0.1, -0.05) is 56.2 Å². The van der Waals surface area contributed by atoms with Crippen molar-refractivity contribution in [3.05, 3.63) is 47.5 Å². The van der Waals surface area contributed by atoms with Gasteiger partial charge in [0.1, 0.15) is 0 Å². The van der Waals surface area contributed by atoms with Crippen molar-refractivity contribution < 1.29 is 4.74 Å². The van der Waals surface area contributed by atoms with Crippen LogP contribution in [0.5, 0.6) is 0 Å². The maximum atomic E-state index is 5.74. The predicted octanol–water partition coefficient (Wildman–Crippen LogP) is 6.24. The third-order valence-electron chi connectivity index (χ3n) is 4.85. The van der Waals surface area contributed by atoms with Crippen molar-refractivity contribution >= 4 is 0 Å². The number of ether oxygens (including phenoxy) is 1. The van der Waals surface area contributed by atoms with E-state index in [1.807, 2.05) is 0 Å². The summed E-state index contributed by atoms with van der Waals surface area (Å²) in [5, 5.41) is 0. The average molecular weight is 300 g/mol. The molecule has 22 heavy (non-hydrogen) atoms. The number of unbranched alkanes of at least 4 members (excludes halogenated alkanes) is 2. The van der Waals surface area contributed by atoms with Crippen molar-refractivity contribution in [2.75, 3.05) is 6.61 Å². The van der Waals surface area contributed by atoms with Crippen LogP contribution in [0.1, 0.15) is 75.8 Å². The zero-order valence-corrected chi connectivity index (χ0v) is 14.4. The van der Waals surface area contributed by atoms with E-state index in [1.165, 1.54) is 56.1 Å². The summed E-state index contributed by atoms with van der Waals surface area (Å²) in [4.78, 5) is 0. The van der Waals surface area contributed by atoms with Crippen LogP contribution in [-0.4, -0.2) is 6.61 Å². The molecule has 0 radical (unpaired) electrons. The molecule has 0 atom stereocenters. The number of rotatable bonds is 8. The summed E-state index contributed by atoms with van der Waals surface area (Å²) in [6, 6.07) is 9.16. The Morgan fingerprint density at radius 1 is 1.05 bits per heavy atom. The molecule has 0 spiro atoms. The highest BCUT2D eigenvalue weighted by molar-refractivity contribution is 5.25. The zero-order valence-electron chi connectivity index (χ0n) is 14.4. The van der Waals surface area contributed by atoms with Gasteiger partial charge < -0.3 is 4.74 Å². The molecule has 0 aromatic heterocycles. The molecule has 0 N–H and O–H groups in total. The molecule has 1 heteroatoms. The van der Waals surface area contributed by atoms with Gasteiger partial charge in [-0.25, -0.2) is 0 Å². The molecule has 0 saturated heterocycles. The molecule has 1 fully saturated rings. The van der Waals surface area contributed by atoms with Crippen LogP contribution < -0.4 is 0 Å². The number of hydrogen-bond donors (Lipinski definition) is 0. The molecule has 0 heterocycles. The molecule has 1 aromatic carbocycles. The third kappa shape index (κ3) is 5.61. The van der Waals surface area contributed by atoms with Crippen LogP contribution in [0.25, 0.3) is 0 Å². The lowest BCUT2D eigenvalue weighted by molar-refractivity contribution is 0.117. The monoisotopic (exact) mass is 300 g/mol. The van der Waals surface area contributed by atoms with Crippen LogP contribution in [0.2, 0.25) is 0 Å². The number of hydrogen-bond acceptors (Lipinski definition) is 1.